The molecule has 10 nitrogen and oxygen atoms in total. The van der Waals surface area contributed by atoms with Crippen LogP contribution in [0.15, 0.2) is 24.3 Å². The second-order valence-corrected chi connectivity index (χ2v) is 4.68. The van der Waals surface area contributed by atoms with E-state index >= 15 is 0 Å². The summed E-state index contributed by atoms with van der Waals surface area (Å²) in [7, 11) is 3.74. The van der Waals surface area contributed by atoms with Gasteiger partial charge in [-0.05, 0) is 12.1 Å². The van der Waals surface area contributed by atoms with Crippen molar-refractivity contribution >= 4 is 23.5 Å². The molecule has 0 saturated heterocycles. The second-order valence-electron chi connectivity index (χ2n) is 4.68. The van der Waals surface area contributed by atoms with Crippen LogP contribution in [0.2, 0.25) is 0 Å². The third-order valence-electron chi connectivity index (χ3n) is 3.17. The Labute approximate surface area is 142 Å². The highest BCUT2D eigenvalue weighted by Crippen LogP contribution is 2.23. The Morgan fingerprint density at radius 2 is 1.76 bits per heavy atom. The molecule has 1 aromatic carbocycles. The van der Waals surface area contributed by atoms with Crippen molar-refractivity contribution in [3.63, 3.8) is 0 Å². The zero-order valence-electron chi connectivity index (χ0n) is 13.8. The number of rotatable bonds is 6. The Morgan fingerprint density at radius 3 is 2.40 bits per heavy atom. The Hall–Kier alpha value is -3.43. The minimum atomic E-state index is -0.865. The molecular weight excluding hydrogens is 332 g/mol. The van der Waals surface area contributed by atoms with Crippen LogP contribution in [0.1, 0.15) is 21.0 Å². The fraction of sp³-hybridized carbons (Fsp3) is 0.267. The number of nitrogens with one attached hydrogen (secondary N) is 1. The van der Waals surface area contributed by atoms with Crippen LogP contribution in [-0.2, 0) is 20.8 Å². The molecule has 1 aromatic heterocycles. The second kappa shape index (κ2) is 7.90. The Kier molecular flexibility index (Phi) is 5.66. The van der Waals surface area contributed by atoms with Crippen molar-refractivity contribution < 1.29 is 28.6 Å². The normalized spacial score (nSPS) is 10.0. The molecule has 132 valence electrons. The van der Waals surface area contributed by atoms with E-state index in [9.17, 15) is 14.4 Å². The molecule has 0 aliphatic rings. The number of hydrogen-bond donors (Lipinski definition) is 1. The summed E-state index contributed by atoms with van der Waals surface area (Å²) in [5, 5.41) is 9.86. The van der Waals surface area contributed by atoms with E-state index < -0.39 is 17.8 Å². The average molecular weight is 348 g/mol. The number of ether oxygens (including phenoxy) is 3. The number of carbonyl (C=O) groups is 3. The summed E-state index contributed by atoms with van der Waals surface area (Å²) in [5.41, 5.74) is -0.160. The molecule has 0 fully saturated rings. The summed E-state index contributed by atoms with van der Waals surface area (Å²) in [4.78, 5) is 35.8. The first-order valence-electron chi connectivity index (χ1n) is 7.04. The van der Waals surface area contributed by atoms with Gasteiger partial charge in [-0.1, -0.05) is 17.3 Å². The van der Waals surface area contributed by atoms with Crippen molar-refractivity contribution in [2.75, 3.05) is 26.6 Å². The topological polar surface area (TPSA) is 122 Å². The fourth-order valence-corrected chi connectivity index (χ4v) is 2.03. The molecule has 10 heteroatoms. The molecule has 0 spiro atoms. The van der Waals surface area contributed by atoms with Crippen molar-refractivity contribution in [1.82, 2.24) is 15.0 Å². The number of nitrogens with zero attached hydrogens (tertiary/aromatic N) is 3. The Bertz CT molecular complexity index is 801. The van der Waals surface area contributed by atoms with Gasteiger partial charge in [0.15, 0.2) is 5.69 Å². The highest BCUT2D eigenvalue weighted by Gasteiger charge is 2.27. The van der Waals surface area contributed by atoms with Crippen LogP contribution in [-0.4, -0.2) is 54.2 Å². The van der Waals surface area contributed by atoms with Crippen LogP contribution in [0.5, 0.6) is 5.75 Å². The summed E-state index contributed by atoms with van der Waals surface area (Å²) in [6, 6.07) is 6.81. The van der Waals surface area contributed by atoms with Gasteiger partial charge in [0.25, 0.3) is 0 Å². The number of benzene rings is 1. The van der Waals surface area contributed by atoms with E-state index in [0.29, 0.717) is 11.4 Å². The third-order valence-corrected chi connectivity index (χ3v) is 3.17. The summed E-state index contributed by atoms with van der Waals surface area (Å²) in [5.74, 6) is -1.76. The van der Waals surface area contributed by atoms with Crippen molar-refractivity contribution in [2.45, 2.75) is 6.54 Å². The van der Waals surface area contributed by atoms with E-state index in [-0.39, 0.29) is 17.9 Å². The van der Waals surface area contributed by atoms with E-state index in [4.69, 9.17) is 4.74 Å². The molecule has 2 aromatic rings. The van der Waals surface area contributed by atoms with Gasteiger partial charge < -0.3 is 19.5 Å². The summed E-state index contributed by atoms with van der Waals surface area (Å²) < 4.78 is 15.2. The lowest BCUT2D eigenvalue weighted by Crippen LogP contribution is -2.24. The van der Waals surface area contributed by atoms with Gasteiger partial charge in [-0.25, -0.2) is 14.3 Å². The van der Waals surface area contributed by atoms with Gasteiger partial charge in [-0.15, -0.1) is 5.10 Å². The molecule has 1 N–H and O–H groups in total. The molecular formula is C15H16N4O6. The molecule has 25 heavy (non-hydrogen) atoms. The predicted molar refractivity (Wildman–Crippen MR) is 84.3 cm³/mol. The lowest BCUT2D eigenvalue weighted by molar-refractivity contribution is -0.117. The maximum Gasteiger partial charge on any atom is 0.361 e. The molecule has 0 aliphatic carbocycles. The molecule has 0 atom stereocenters. The molecule has 1 amide bonds. The number of para-hydroxylation sites is 2. The minimum absolute atomic E-state index is 0.274. The molecule has 2 rings (SSSR count). The van der Waals surface area contributed by atoms with E-state index in [1.54, 1.807) is 24.3 Å². The van der Waals surface area contributed by atoms with Crippen LogP contribution < -0.4 is 10.1 Å². The maximum atomic E-state index is 12.2. The number of aromatic nitrogens is 3. The quantitative estimate of drug-likeness (QED) is 0.749. The van der Waals surface area contributed by atoms with Crippen molar-refractivity contribution in [3.05, 3.63) is 35.7 Å². The van der Waals surface area contributed by atoms with Gasteiger partial charge >= 0.3 is 11.9 Å². The number of amides is 1. The van der Waals surface area contributed by atoms with Crippen molar-refractivity contribution in [1.29, 1.82) is 0 Å². The molecule has 0 bridgehead atoms. The standard InChI is InChI=1S/C15H16N4O6/c1-23-10-7-5-4-6-9(10)16-11(20)8-19-13(15(22)25-3)12(17-18-19)14(21)24-2/h4-7H,8H2,1-3H3,(H,16,20). The summed E-state index contributed by atoms with van der Waals surface area (Å²) >= 11 is 0. The summed E-state index contributed by atoms with van der Waals surface area (Å²) in [6.45, 7) is -0.369. The molecule has 1 heterocycles. The van der Waals surface area contributed by atoms with Gasteiger partial charge in [0, 0.05) is 0 Å². The van der Waals surface area contributed by atoms with Gasteiger partial charge in [0.1, 0.15) is 12.3 Å². The summed E-state index contributed by atoms with van der Waals surface area (Å²) in [6.07, 6.45) is 0. The maximum absolute atomic E-state index is 12.2. The fourth-order valence-electron chi connectivity index (χ4n) is 2.03. The van der Waals surface area contributed by atoms with E-state index in [1.807, 2.05) is 0 Å². The van der Waals surface area contributed by atoms with E-state index in [2.05, 4.69) is 25.1 Å². The van der Waals surface area contributed by atoms with Crippen molar-refractivity contribution in [2.24, 2.45) is 0 Å². The van der Waals surface area contributed by atoms with Crippen LogP contribution in [0.3, 0.4) is 0 Å². The van der Waals surface area contributed by atoms with E-state index in [0.717, 1.165) is 18.9 Å². The SMILES string of the molecule is COC(=O)c1nnn(CC(=O)Nc2ccccc2OC)c1C(=O)OC. The van der Waals surface area contributed by atoms with Crippen molar-refractivity contribution in [3.8, 4) is 5.75 Å². The highest BCUT2D eigenvalue weighted by atomic mass is 16.5. The smallest absolute Gasteiger partial charge is 0.361 e. The number of anilines is 1. The average Bonchev–Trinajstić information content (AvgIpc) is 3.04. The first kappa shape index (κ1) is 17.9. The largest absolute Gasteiger partial charge is 0.495 e. The van der Waals surface area contributed by atoms with Crippen LogP contribution in [0.4, 0.5) is 5.69 Å². The number of carbonyl (C=O) groups excluding carboxylic acids is 3. The van der Waals surface area contributed by atoms with Crippen LogP contribution in [0.25, 0.3) is 0 Å². The molecule has 0 radical (unpaired) electrons. The van der Waals surface area contributed by atoms with Crippen LogP contribution >= 0.6 is 0 Å². The first-order chi connectivity index (χ1) is 12.0. The van der Waals surface area contributed by atoms with Gasteiger partial charge in [0.2, 0.25) is 11.6 Å². The van der Waals surface area contributed by atoms with Gasteiger partial charge in [-0.2, -0.15) is 0 Å². The first-order valence-corrected chi connectivity index (χ1v) is 7.04. The number of esters is 2. The van der Waals surface area contributed by atoms with E-state index in [1.165, 1.54) is 7.11 Å². The molecule has 0 aliphatic heterocycles. The van der Waals surface area contributed by atoms with Gasteiger partial charge in [0.05, 0.1) is 27.0 Å². The number of hydrogen-bond acceptors (Lipinski definition) is 8. The Balaban J connectivity index is 2.24. The lowest BCUT2D eigenvalue weighted by atomic mass is 10.3. The zero-order chi connectivity index (χ0) is 18.4. The predicted octanol–water partition coefficient (Wildman–Crippen LogP) is 0.499. The lowest BCUT2D eigenvalue weighted by Gasteiger charge is -2.10. The van der Waals surface area contributed by atoms with Gasteiger partial charge in [-0.3, -0.25) is 4.79 Å². The minimum Gasteiger partial charge on any atom is -0.495 e. The highest BCUT2D eigenvalue weighted by molar-refractivity contribution is 6.01. The third kappa shape index (κ3) is 3.91. The Morgan fingerprint density at radius 1 is 1.08 bits per heavy atom. The molecule has 0 saturated carbocycles. The number of methoxy groups -OCH3 is 3. The zero-order valence-corrected chi connectivity index (χ0v) is 13.8. The van der Waals surface area contributed by atoms with Crippen LogP contribution in [0, 0.1) is 0 Å². The molecule has 0 unspecified atom stereocenters. The monoisotopic (exact) mass is 348 g/mol.